The molecule has 6 heteroatoms. The Morgan fingerprint density at radius 3 is 2.76 bits per heavy atom. The molecule has 0 bridgehead atoms. The largest absolute Gasteiger partial charge is 0.350 e. The molecule has 1 aromatic heterocycles. The number of fused-ring (bicyclic) bond motifs is 1. The zero-order chi connectivity index (χ0) is 15.6. The first-order valence-corrected chi connectivity index (χ1v) is 7.46. The molecule has 0 aliphatic heterocycles. The van der Waals surface area contributed by atoms with Crippen LogP contribution in [0.5, 0.6) is 0 Å². The minimum absolute atomic E-state index is 0.111. The lowest BCUT2D eigenvalue weighted by Gasteiger charge is -2.12. The van der Waals surface area contributed by atoms with Gasteiger partial charge in [0.05, 0.1) is 10.9 Å². The number of nitrogens with zero attached hydrogens (tertiary/aromatic N) is 1. The maximum atomic E-state index is 12.3. The number of carbonyl (C=O) groups excluding carboxylic acids is 1. The Morgan fingerprint density at radius 2 is 2.14 bits per heavy atom. The summed E-state index contributed by atoms with van der Waals surface area (Å²) in [6, 6.07) is 5.11. The maximum Gasteiger partial charge on any atom is 0.262 e. The van der Waals surface area contributed by atoms with E-state index in [1.165, 1.54) is 4.57 Å². The lowest BCUT2D eigenvalue weighted by atomic mass is 10.1. The van der Waals surface area contributed by atoms with E-state index in [1.807, 2.05) is 20.8 Å². The maximum absolute atomic E-state index is 12.3. The summed E-state index contributed by atoms with van der Waals surface area (Å²) in [4.78, 5) is 27.4. The SMILES string of the molecule is CC[C@H](C)NC(=O)c1ccc2c(=O)n(CC)c(=S)[nH]c2c1. The van der Waals surface area contributed by atoms with Crippen molar-refractivity contribution < 1.29 is 4.79 Å². The lowest BCUT2D eigenvalue weighted by Crippen LogP contribution is -2.32. The molecule has 0 saturated carbocycles. The molecule has 2 N–H and O–H groups in total. The van der Waals surface area contributed by atoms with Crippen molar-refractivity contribution in [2.45, 2.75) is 39.8 Å². The summed E-state index contributed by atoms with van der Waals surface area (Å²) in [6.07, 6.45) is 0.864. The highest BCUT2D eigenvalue weighted by molar-refractivity contribution is 7.71. The van der Waals surface area contributed by atoms with Crippen molar-refractivity contribution in [1.29, 1.82) is 0 Å². The van der Waals surface area contributed by atoms with Crippen LogP contribution in [0, 0.1) is 4.77 Å². The zero-order valence-electron chi connectivity index (χ0n) is 12.4. The van der Waals surface area contributed by atoms with E-state index in [4.69, 9.17) is 12.2 Å². The molecule has 1 amide bonds. The topological polar surface area (TPSA) is 66.9 Å². The molecule has 0 spiro atoms. The normalized spacial score (nSPS) is 12.3. The number of amides is 1. The molecule has 0 unspecified atom stereocenters. The summed E-state index contributed by atoms with van der Waals surface area (Å²) in [7, 11) is 0. The first kappa shape index (κ1) is 15.4. The van der Waals surface area contributed by atoms with Gasteiger partial charge >= 0.3 is 0 Å². The second-order valence-electron chi connectivity index (χ2n) is 5.02. The van der Waals surface area contributed by atoms with Crippen LogP contribution in [-0.2, 0) is 6.54 Å². The average molecular weight is 305 g/mol. The molecule has 2 rings (SSSR count). The molecule has 2 aromatic rings. The fourth-order valence-electron chi connectivity index (χ4n) is 2.09. The summed E-state index contributed by atoms with van der Waals surface area (Å²) in [5.74, 6) is -0.148. The fourth-order valence-corrected chi connectivity index (χ4v) is 2.41. The van der Waals surface area contributed by atoms with Gasteiger partial charge in [-0.05, 0) is 50.7 Å². The van der Waals surface area contributed by atoms with E-state index in [-0.39, 0.29) is 17.5 Å². The minimum atomic E-state index is -0.148. The van der Waals surface area contributed by atoms with Gasteiger partial charge in [-0.15, -0.1) is 0 Å². The van der Waals surface area contributed by atoms with Gasteiger partial charge in [0.15, 0.2) is 4.77 Å². The van der Waals surface area contributed by atoms with Crippen LogP contribution in [0.15, 0.2) is 23.0 Å². The molecule has 1 aromatic carbocycles. The van der Waals surface area contributed by atoms with Crippen LogP contribution in [0.3, 0.4) is 0 Å². The highest BCUT2D eigenvalue weighted by Crippen LogP contribution is 2.11. The predicted molar refractivity (Wildman–Crippen MR) is 86.3 cm³/mol. The Labute approximate surface area is 128 Å². The molecule has 0 aliphatic carbocycles. The predicted octanol–water partition coefficient (Wildman–Crippen LogP) is 2.61. The summed E-state index contributed by atoms with van der Waals surface area (Å²) in [5.41, 5.74) is 0.971. The van der Waals surface area contributed by atoms with Crippen LogP contribution in [0.4, 0.5) is 0 Å². The molecule has 1 atom stereocenters. The Bertz CT molecular complexity index is 792. The van der Waals surface area contributed by atoms with Crippen molar-refractivity contribution in [3.8, 4) is 0 Å². The van der Waals surface area contributed by atoms with Crippen LogP contribution in [0.1, 0.15) is 37.6 Å². The number of aromatic amines is 1. The van der Waals surface area contributed by atoms with Gasteiger partial charge < -0.3 is 10.3 Å². The number of H-pyrrole nitrogens is 1. The van der Waals surface area contributed by atoms with Gasteiger partial charge in [0, 0.05) is 18.2 Å². The standard InChI is InChI=1S/C15H19N3O2S/c1-4-9(3)16-13(19)10-6-7-11-12(8-10)17-15(21)18(5-2)14(11)20/h6-9H,4-5H2,1-3H3,(H,16,19)(H,17,21)/t9-/m0/s1. The molecule has 0 radical (unpaired) electrons. The van der Waals surface area contributed by atoms with Crippen molar-refractivity contribution in [1.82, 2.24) is 14.9 Å². The summed E-state index contributed by atoms with van der Waals surface area (Å²) >= 11 is 5.17. The minimum Gasteiger partial charge on any atom is -0.350 e. The molecule has 21 heavy (non-hydrogen) atoms. The molecule has 5 nitrogen and oxygen atoms in total. The van der Waals surface area contributed by atoms with Gasteiger partial charge in [-0.2, -0.15) is 0 Å². The number of rotatable bonds is 4. The summed E-state index contributed by atoms with van der Waals surface area (Å²) in [5, 5.41) is 3.43. The molecule has 1 heterocycles. The lowest BCUT2D eigenvalue weighted by molar-refractivity contribution is 0.0939. The van der Waals surface area contributed by atoms with E-state index in [2.05, 4.69) is 10.3 Å². The van der Waals surface area contributed by atoms with Crippen molar-refractivity contribution in [3.63, 3.8) is 0 Å². The number of hydrogen-bond donors (Lipinski definition) is 2. The molecule has 0 fully saturated rings. The Hall–Kier alpha value is -1.95. The number of nitrogens with one attached hydrogen (secondary N) is 2. The molecular formula is C15H19N3O2S. The summed E-state index contributed by atoms with van der Waals surface area (Å²) in [6.45, 7) is 6.34. The van der Waals surface area contributed by atoms with Crippen molar-refractivity contribution in [2.24, 2.45) is 0 Å². The Morgan fingerprint density at radius 1 is 1.43 bits per heavy atom. The van der Waals surface area contributed by atoms with Crippen LogP contribution >= 0.6 is 12.2 Å². The molecule has 0 saturated heterocycles. The third kappa shape index (κ3) is 3.05. The highest BCUT2D eigenvalue weighted by Gasteiger charge is 2.11. The van der Waals surface area contributed by atoms with Crippen LogP contribution in [0.2, 0.25) is 0 Å². The van der Waals surface area contributed by atoms with Crippen LogP contribution < -0.4 is 10.9 Å². The molecule has 0 aliphatic rings. The van der Waals surface area contributed by atoms with E-state index in [1.54, 1.807) is 18.2 Å². The number of carbonyl (C=O) groups is 1. The quantitative estimate of drug-likeness (QED) is 0.853. The van der Waals surface area contributed by atoms with Crippen LogP contribution in [0.25, 0.3) is 10.9 Å². The van der Waals surface area contributed by atoms with E-state index in [0.717, 1.165) is 6.42 Å². The van der Waals surface area contributed by atoms with Gasteiger partial charge in [-0.25, -0.2) is 0 Å². The van der Waals surface area contributed by atoms with Crippen molar-refractivity contribution in [2.75, 3.05) is 0 Å². The van der Waals surface area contributed by atoms with Gasteiger partial charge in [-0.3, -0.25) is 14.2 Å². The number of hydrogen-bond acceptors (Lipinski definition) is 3. The molecule has 112 valence electrons. The summed E-state index contributed by atoms with van der Waals surface area (Å²) < 4.78 is 1.87. The van der Waals surface area contributed by atoms with Gasteiger partial charge in [0.25, 0.3) is 11.5 Å². The second-order valence-corrected chi connectivity index (χ2v) is 5.41. The van der Waals surface area contributed by atoms with Gasteiger partial charge in [0.2, 0.25) is 0 Å². The third-order valence-electron chi connectivity index (χ3n) is 3.55. The van der Waals surface area contributed by atoms with Gasteiger partial charge in [-0.1, -0.05) is 6.92 Å². The average Bonchev–Trinajstić information content (AvgIpc) is 2.46. The van der Waals surface area contributed by atoms with E-state index < -0.39 is 0 Å². The zero-order valence-corrected chi connectivity index (χ0v) is 13.2. The van der Waals surface area contributed by atoms with Crippen LogP contribution in [-0.4, -0.2) is 21.5 Å². The number of aromatic nitrogens is 2. The Kier molecular flexibility index (Phi) is 4.57. The smallest absolute Gasteiger partial charge is 0.262 e. The Balaban J connectivity index is 2.50. The first-order chi connectivity index (χ1) is 9.97. The van der Waals surface area contributed by atoms with Crippen molar-refractivity contribution in [3.05, 3.63) is 38.9 Å². The highest BCUT2D eigenvalue weighted by atomic mass is 32.1. The first-order valence-electron chi connectivity index (χ1n) is 7.05. The third-order valence-corrected chi connectivity index (χ3v) is 3.87. The van der Waals surface area contributed by atoms with Gasteiger partial charge in [0.1, 0.15) is 0 Å². The second kappa shape index (κ2) is 6.22. The number of benzene rings is 1. The van der Waals surface area contributed by atoms with E-state index in [0.29, 0.717) is 27.8 Å². The monoisotopic (exact) mass is 305 g/mol. The van der Waals surface area contributed by atoms with E-state index in [9.17, 15) is 9.59 Å². The van der Waals surface area contributed by atoms with E-state index >= 15 is 0 Å². The van der Waals surface area contributed by atoms with Crippen molar-refractivity contribution >= 4 is 29.0 Å². The fraction of sp³-hybridized carbons (Fsp3) is 0.400. The molecular weight excluding hydrogens is 286 g/mol.